The molecule has 0 saturated carbocycles. The molecule has 2 aromatic rings. The number of aryl methyl sites for hydroxylation is 1. The number of hydrogen-bond acceptors (Lipinski definition) is 2. The van der Waals surface area contributed by atoms with E-state index in [1.807, 2.05) is 48.1 Å². The highest BCUT2D eigenvalue weighted by Gasteiger charge is 2.12. The van der Waals surface area contributed by atoms with Crippen LogP contribution in [0.5, 0.6) is 0 Å². The van der Waals surface area contributed by atoms with Crippen molar-refractivity contribution in [1.82, 2.24) is 14.7 Å². The third-order valence-electron chi connectivity index (χ3n) is 4.11. The Balaban J connectivity index is 1.71. The smallest absolute Gasteiger partial charge is 0.191 e. The third-order valence-corrected chi connectivity index (χ3v) is 4.11. The second-order valence-electron chi connectivity index (χ2n) is 5.74. The van der Waals surface area contributed by atoms with Gasteiger partial charge in [-0.25, -0.2) is 9.67 Å². The summed E-state index contributed by atoms with van der Waals surface area (Å²) >= 11 is 0. The van der Waals surface area contributed by atoms with Gasteiger partial charge in [0.25, 0.3) is 0 Å². The molecule has 1 saturated heterocycles. The molecule has 1 aromatic carbocycles. The highest BCUT2D eigenvalue weighted by atomic mass is 15.3. The topological polar surface area (TPSA) is 59.4 Å². The first-order valence-electron chi connectivity index (χ1n) is 7.89. The molecule has 22 heavy (non-hydrogen) atoms. The zero-order valence-electron chi connectivity index (χ0n) is 13.1. The van der Waals surface area contributed by atoms with Crippen molar-refractivity contribution in [1.29, 1.82) is 0 Å². The summed E-state index contributed by atoms with van der Waals surface area (Å²) < 4.78 is 1.90. The maximum Gasteiger partial charge on any atom is 0.191 e. The number of piperidine rings is 1. The van der Waals surface area contributed by atoms with Gasteiger partial charge in [0, 0.05) is 24.8 Å². The van der Waals surface area contributed by atoms with Crippen molar-refractivity contribution in [2.75, 3.05) is 13.1 Å². The number of para-hydroxylation sites is 1. The molecule has 5 nitrogen and oxygen atoms in total. The van der Waals surface area contributed by atoms with Gasteiger partial charge in [0.05, 0.1) is 17.9 Å². The van der Waals surface area contributed by atoms with Crippen molar-refractivity contribution in [2.45, 2.75) is 32.7 Å². The summed E-state index contributed by atoms with van der Waals surface area (Å²) in [6, 6.07) is 10.1. The van der Waals surface area contributed by atoms with E-state index in [1.54, 1.807) is 0 Å². The predicted octanol–water partition coefficient (Wildman–Crippen LogP) is 2.48. The van der Waals surface area contributed by atoms with Crippen LogP contribution >= 0.6 is 0 Å². The Labute approximate surface area is 131 Å². The fraction of sp³-hybridized carbons (Fsp3) is 0.412. The molecule has 5 heteroatoms. The zero-order valence-corrected chi connectivity index (χ0v) is 13.1. The van der Waals surface area contributed by atoms with Gasteiger partial charge in [-0.15, -0.1) is 0 Å². The van der Waals surface area contributed by atoms with Crippen molar-refractivity contribution >= 4 is 5.96 Å². The molecule has 3 rings (SSSR count). The van der Waals surface area contributed by atoms with E-state index >= 15 is 0 Å². The molecule has 0 amide bonds. The van der Waals surface area contributed by atoms with Crippen LogP contribution in [0.3, 0.4) is 0 Å². The van der Waals surface area contributed by atoms with Gasteiger partial charge in [-0.1, -0.05) is 18.2 Å². The number of guanidine groups is 1. The number of likely N-dealkylation sites (tertiary alicyclic amines) is 1. The Morgan fingerprint density at radius 2 is 1.91 bits per heavy atom. The number of aliphatic imine (C=N–C) groups is 1. The molecule has 0 radical (unpaired) electrons. The molecule has 116 valence electrons. The first kappa shape index (κ1) is 14.6. The minimum absolute atomic E-state index is 0.584. The minimum atomic E-state index is 0.584. The summed E-state index contributed by atoms with van der Waals surface area (Å²) in [6.45, 7) is 4.65. The van der Waals surface area contributed by atoms with Crippen LogP contribution in [-0.2, 0) is 6.54 Å². The summed E-state index contributed by atoms with van der Waals surface area (Å²) in [4.78, 5) is 6.73. The number of hydrogen-bond donors (Lipinski definition) is 1. The van der Waals surface area contributed by atoms with Gasteiger partial charge in [-0.2, -0.15) is 5.10 Å². The largest absolute Gasteiger partial charge is 0.370 e. The molecule has 0 unspecified atom stereocenters. The Morgan fingerprint density at radius 1 is 1.18 bits per heavy atom. The molecular weight excluding hydrogens is 274 g/mol. The SMILES string of the molecule is Cc1nn(-c2ccccc2)cc1CN=C(N)N1CCCCC1. The van der Waals surface area contributed by atoms with Crippen LogP contribution in [-0.4, -0.2) is 33.7 Å². The second-order valence-corrected chi connectivity index (χ2v) is 5.74. The van der Waals surface area contributed by atoms with Crippen LogP contribution in [0.2, 0.25) is 0 Å². The van der Waals surface area contributed by atoms with Crippen molar-refractivity contribution in [2.24, 2.45) is 10.7 Å². The van der Waals surface area contributed by atoms with Crippen LogP contribution in [0.1, 0.15) is 30.5 Å². The van der Waals surface area contributed by atoms with E-state index in [4.69, 9.17) is 5.73 Å². The molecular formula is C17H23N5. The van der Waals surface area contributed by atoms with Gasteiger partial charge in [0.1, 0.15) is 0 Å². The molecule has 2 heterocycles. The van der Waals surface area contributed by atoms with Crippen molar-refractivity contribution in [3.8, 4) is 5.69 Å². The van der Waals surface area contributed by atoms with Crippen molar-refractivity contribution < 1.29 is 0 Å². The average molecular weight is 297 g/mol. The predicted molar refractivity (Wildman–Crippen MR) is 89.1 cm³/mol. The normalized spacial score (nSPS) is 16.0. The van der Waals surface area contributed by atoms with Crippen molar-refractivity contribution in [3.05, 3.63) is 47.8 Å². The van der Waals surface area contributed by atoms with E-state index < -0.39 is 0 Å². The number of rotatable bonds is 3. The van der Waals surface area contributed by atoms with Crippen LogP contribution in [0.15, 0.2) is 41.5 Å². The summed E-state index contributed by atoms with van der Waals surface area (Å²) in [7, 11) is 0. The molecule has 1 aliphatic rings. The maximum atomic E-state index is 6.11. The molecule has 0 bridgehead atoms. The number of nitrogens with zero attached hydrogens (tertiary/aromatic N) is 4. The number of aromatic nitrogens is 2. The van der Waals surface area contributed by atoms with Crippen LogP contribution < -0.4 is 5.73 Å². The fourth-order valence-electron chi connectivity index (χ4n) is 2.75. The highest BCUT2D eigenvalue weighted by Crippen LogP contribution is 2.13. The van der Waals surface area contributed by atoms with Gasteiger partial charge < -0.3 is 10.6 Å². The Hall–Kier alpha value is -2.30. The monoisotopic (exact) mass is 297 g/mol. The van der Waals surface area contributed by atoms with E-state index in [-0.39, 0.29) is 0 Å². The number of nitrogens with two attached hydrogens (primary N) is 1. The van der Waals surface area contributed by atoms with Gasteiger partial charge in [-0.3, -0.25) is 0 Å². The highest BCUT2D eigenvalue weighted by molar-refractivity contribution is 5.78. The minimum Gasteiger partial charge on any atom is -0.370 e. The van der Waals surface area contributed by atoms with Gasteiger partial charge >= 0.3 is 0 Å². The summed E-state index contributed by atoms with van der Waals surface area (Å²) in [6.07, 6.45) is 5.76. The summed E-state index contributed by atoms with van der Waals surface area (Å²) in [5.41, 5.74) is 9.29. The van der Waals surface area contributed by atoms with Crippen LogP contribution in [0, 0.1) is 6.92 Å². The van der Waals surface area contributed by atoms with E-state index in [0.29, 0.717) is 12.5 Å². The van der Waals surface area contributed by atoms with E-state index in [0.717, 1.165) is 30.0 Å². The summed E-state index contributed by atoms with van der Waals surface area (Å²) in [5, 5.41) is 4.56. The van der Waals surface area contributed by atoms with E-state index in [1.165, 1.54) is 19.3 Å². The quantitative estimate of drug-likeness (QED) is 0.699. The maximum absolute atomic E-state index is 6.11. The zero-order chi connectivity index (χ0) is 15.4. The fourth-order valence-corrected chi connectivity index (χ4v) is 2.75. The molecule has 0 spiro atoms. The average Bonchev–Trinajstić information content (AvgIpc) is 2.95. The first-order chi connectivity index (χ1) is 10.7. The standard InChI is InChI=1S/C17H23N5/c1-14-15(12-19-17(18)21-10-6-3-7-11-21)13-22(20-14)16-8-4-2-5-9-16/h2,4-5,8-9,13H,3,6-7,10-12H2,1H3,(H2,18,19). The Morgan fingerprint density at radius 3 is 2.64 bits per heavy atom. The molecule has 0 atom stereocenters. The Kier molecular flexibility index (Phi) is 4.42. The third kappa shape index (κ3) is 3.30. The van der Waals surface area contributed by atoms with Gasteiger partial charge in [0.15, 0.2) is 5.96 Å². The first-order valence-corrected chi connectivity index (χ1v) is 7.89. The second kappa shape index (κ2) is 6.64. The van der Waals surface area contributed by atoms with E-state index in [2.05, 4.69) is 15.0 Å². The lowest BCUT2D eigenvalue weighted by atomic mass is 10.1. The number of benzene rings is 1. The van der Waals surface area contributed by atoms with E-state index in [9.17, 15) is 0 Å². The van der Waals surface area contributed by atoms with Crippen LogP contribution in [0.25, 0.3) is 5.69 Å². The lowest BCUT2D eigenvalue weighted by Crippen LogP contribution is -2.40. The molecule has 2 N–H and O–H groups in total. The van der Waals surface area contributed by atoms with Gasteiger partial charge in [-0.05, 0) is 38.3 Å². The molecule has 1 aromatic heterocycles. The lowest BCUT2D eigenvalue weighted by Gasteiger charge is -2.27. The van der Waals surface area contributed by atoms with Gasteiger partial charge in [0.2, 0.25) is 0 Å². The van der Waals surface area contributed by atoms with Crippen molar-refractivity contribution in [3.63, 3.8) is 0 Å². The van der Waals surface area contributed by atoms with Crippen LogP contribution in [0.4, 0.5) is 0 Å². The molecule has 1 aliphatic heterocycles. The Bertz CT molecular complexity index is 638. The summed E-state index contributed by atoms with van der Waals surface area (Å²) in [5.74, 6) is 0.659. The molecule has 1 fully saturated rings. The molecule has 0 aliphatic carbocycles. The lowest BCUT2D eigenvalue weighted by molar-refractivity contribution is 0.338.